The fraction of sp³-hybridized carbons (Fsp3) is 0.167. The maximum Gasteiger partial charge on any atom is 0.338 e. The van der Waals surface area contributed by atoms with E-state index in [-0.39, 0.29) is 12.5 Å². The molecule has 24 heavy (non-hydrogen) atoms. The number of carbonyl (C=O) groups is 2. The number of anilines is 1. The lowest BCUT2D eigenvalue weighted by atomic mass is 10.1. The van der Waals surface area contributed by atoms with Crippen molar-refractivity contribution in [1.29, 1.82) is 0 Å². The highest BCUT2D eigenvalue weighted by atomic mass is 16.5. The van der Waals surface area contributed by atoms with Gasteiger partial charge in [-0.3, -0.25) is 4.79 Å². The molecular weight excluding hydrogens is 306 g/mol. The number of ether oxygens (including phenoxy) is 1. The quantitative estimate of drug-likeness (QED) is 0.723. The van der Waals surface area contributed by atoms with E-state index in [9.17, 15) is 9.59 Å². The van der Waals surface area contributed by atoms with Gasteiger partial charge in [0, 0.05) is 5.69 Å². The minimum atomic E-state index is -0.554. The Kier molecular flexibility index (Phi) is 4.29. The van der Waals surface area contributed by atoms with E-state index >= 15 is 0 Å². The van der Waals surface area contributed by atoms with E-state index in [0.29, 0.717) is 11.3 Å². The monoisotopic (exact) mass is 323 g/mol. The van der Waals surface area contributed by atoms with Gasteiger partial charge in [-0.2, -0.15) is 0 Å². The number of H-pyrrole nitrogens is 1. The number of carbonyl (C=O) groups excluding carboxylic acids is 2. The maximum atomic E-state index is 12.0. The van der Waals surface area contributed by atoms with Crippen LogP contribution in [0.25, 0.3) is 11.0 Å². The Bertz CT molecular complexity index is 895. The second-order valence-corrected chi connectivity index (χ2v) is 5.64. The van der Waals surface area contributed by atoms with Crippen molar-refractivity contribution in [2.24, 2.45) is 0 Å². The lowest BCUT2D eigenvalue weighted by Gasteiger charge is -2.08. The molecular formula is C18H17N3O3. The largest absolute Gasteiger partial charge is 0.452 e. The third-order valence-corrected chi connectivity index (χ3v) is 3.50. The van der Waals surface area contributed by atoms with Crippen molar-refractivity contribution in [1.82, 2.24) is 9.97 Å². The second-order valence-electron chi connectivity index (χ2n) is 5.64. The van der Waals surface area contributed by atoms with Gasteiger partial charge in [0.15, 0.2) is 6.61 Å². The van der Waals surface area contributed by atoms with Crippen LogP contribution in [-0.2, 0) is 9.53 Å². The van der Waals surface area contributed by atoms with E-state index in [1.165, 1.54) is 0 Å². The van der Waals surface area contributed by atoms with Gasteiger partial charge < -0.3 is 15.0 Å². The van der Waals surface area contributed by atoms with Crippen LogP contribution in [0.3, 0.4) is 0 Å². The standard InChI is InChI=1S/C18H17N3O3/c1-11-5-12(2)7-14(6-11)21-17(22)9-24-18(23)13-3-4-15-16(8-13)20-10-19-15/h3-8,10H,9H2,1-2H3,(H,19,20)(H,21,22). The molecule has 0 aliphatic carbocycles. The van der Waals surface area contributed by atoms with Crippen molar-refractivity contribution in [2.45, 2.75) is 13.8 Å². The van der Waals surface area contributed by atoms with E-state index < -0.39 is 5.97 Å². The highest BCUT2D eigenvalue weighted by Crippen LogP contribution is 2.14. The lowest BCUT2D eigenvalue weighted by Crippen LogP contribution is -2.21. The summed E-state index contributed by atoms with van der Waals surface area (Å²) < 4.78 is 5.06. The molecule has 0 aliphatic rings. The molecule has 0 radical (unpaired) electrons. The van der Waals surface area contributed by atoms with Gasteiger partial charge in [0.25, 0.3) is 5.91 Å². The molecule has 3 rings (SSSR count). The number of hydrogen-bond donors (Lipinski definition) is 2. The van der Waals surface area contributed by atoms with Crippen LogP contribution in [0.15, 0.2) is 42.7 Å². The first-order chi connectivity index (χ1) is 11.5. The average molecular weight is 323 g/mol. The van der Waals surface area contributed by atoms with E-state index in [0.717, 1.165) is 22.2 Å². The van der Waals surface area contributed by atoms with Gasteiger partial charge in [0.05, 0.1) is 22.9 Å². The minimum absolute atomic E-state index is 0.340. The SMILES string of the molecule is Cc1cc(C)cc(NC(=O)COC(=O)c2ccc3nc[nH]c3c2)c1. The maximum absolute atomic E-state index is 12.0. The summed E-state index contributed by atoms with van der Waals surface area (Å²) in [5.74, 6) is -0.932. The zero-order valence-corrected chi connectivity index (χ0v) is 13.4. The zero-order valence-electron chi connectivity index (χ0n) is 13.4. The van der Waals surface area contributed by atoms with Crippen LogP contribution in [0.1, 0.15) is 21.5 Å². The van der Waals surface area contributed by atoms with E-state index in [2.05, 4.69) is 15.3 Å². The third-order valence-electron chi connectivity index (χ3n) is 3.50. The van der Waals surface area contributed by atoms with Crippen LogP contribution in [0.4, 0.5) is 5.69 Å². The molecule has 0 saturated carbocycles. The molecule has 2 aromatic carbocycles. The Morgan fingerprint density at radius 1 is 1.12 bits per heavy atom. The summed E-state index contributed by atoms with van der Waals surface area (Å²) in [5, 5.41) is 2.72. The summed E-state index contributed by atoms with van der Waals surface area (Å²) in [6, 6.07) is 10.7. The second kappa shape index (κ2) is 6.54. The molecule has 3 aromatic rings. The van der Waals surface area contributed by atoms with Crippen molar-refractivity contribution >= 4 is 28.6 Å². The van der Waals surface area contributed by atoms with E-state index in [4.69, 9.17) is 4.74 Å². The molecule has 122 valence electrons. The van der Waals surface area contributed by atoms with Crippen LogP contribution < -0.4 is 5.32 Å². The first-order valence-corrected chi connectivity index (χ1v) is 7.50. The molecule has 0 atom stereocenters. The van der Waals surface area contributed by atoms with Gasteiger partial charge >= 0.3 is 5.97 Å². The van der Waals surface area contributed by atoms with Gasteiger partial charge in [-0.25, -0.2) is 9.78 Å². The average Bonchev–Trinajstić information content (AvgIpc) is 2.99. The Morgan fingerprint density at radius 2 is 1.88 bits per heavy atom. The highest BCUT2D eigenvalue weighted by Gasteiger charge is 2.12. The molecule has 0 saturated heterocycles. The van der Waals surface area contributed by atoms with Gasteiger partial charge in [0.2, 0.25) is 0 Å². The first-order valence-electron chi connectivity index (χ1n) is 7.50. The van der Waals surface area contributed by atoms with Crippen molar-refractivity contribution in [3.63, 3.8) is 0 Å². The predicted molar refractivity (Wildman–Crippen MR) is 90.9 cm³/mol. The summed E-state index contributed by atoms with van der Waals surface area (Å²) in [6.07, 6.45) is 1.55. The van der Waals surface area contributed by atoms with Crippen LogP contribution in [-0.4, -0.2) is 28.5 Å². The molecule has 2 N–H and O–H groups in total. The lowest BCUT2D eigenvalue weighted by molar-refractivity contribution is -0.119. The first kappa shape index (κ1) is 15.7. The van der Waals surface area contributed by atoms with Gasteiger partial charge in [-0.1, -0.05) is 6.07 Å². The Hall–Kier alpha value is -3.15. The number of amides is 1. The Labute approximate surface area is 138 Å². The number of nitrogens with zero attached hydrogens (tertiary/aromatic N) is 1. The zero-order chi connectivity index (χ0) is 17.1. The van der Waals surface area contributed by atoms with Gasteiger partial charge in [0.1, 0.15) is 0 Å². The molecule has 1 heterocycles. The fourth-order valence-electron chi connectivity index (χ4n) is 2.52. The number of imidazole rings is 1. The van der Waals surface area contributed by atoms with Crippen LogP contribution in [0.5, 0.6) is 0 Å². The molecule has 1 aromatic heterocycles. The molecule has 1 amide bonds. The number of fused-ring (bicyclic) bond motifs is 1. The number of benzene rings is 2. The third kappa shape index (κ3) is 3.60. The van der Waals surface area contributed by atoms with Crippen LogP contribution in [0, 0.1) is 13.8 Å². The van der Waals surface area contributed by atoms with E-state index in [1.54, 1.807) is 24.5 Å². The van der Waals surface area contributed by atoms with Crippen molar-refractivity contribution in [3.8, 4) is 0 Å². The smallest absolute Gasteiger partial charge is 0.338 e. The summed E-state index contributed by atoms with van der Waals surface area (Å²) in [6.45, 7) is 3.56. The minimum Gasteiger partial charge on any atom is -0.452 e. The summed E-state index contributed by atoms with van der Waals surface area (Å²) in [5.41, 5.74) is 4.66. The van der Waals surface area contributed by atoms with E-state index in [1.807, 2.05) is 32.0 Å². The van der Waals surface area contributed by atoms with Crippen LogP contribution >= 0.6 is 0 Å². The van der Waals surface area contributed by atoms with Gasteiger partial charge in [-0.15, -0.1) is 0 Å². The van der Waals surface area contributed by atoms with Crippen LogP contribution in [0.2, 0.25) is 0 Å². The molecule has 0 spiro atoms. The topological polar surface area (TPSA) is 84.1 Å². The number of aryl methyl sites for hydroxylation is 2. The molecule has 6 heteroatoms. The number of nitrogens with one attached hydrogen (secondary N) is 2. The molecule has 0 fully saturated rings. The van der Waals surface area contributed by atoms with Crippen molar-refractivity contribution in [3.05, 3.63) is 59.4 Å². The highest BCUT2D eigenvalue weighted by molar-refractivity contribution is 5.97. The molecule has 0 aliphatic heterocycles. The van der Waals surface area contributed by atoms with Crippen molar-refractivity contribution in [2.75, 3.05) is 11.9 Å². The predicted octanol–water partition coefficient (Wildman–Crippen LogP) is 2.98. The fourth-order valence-corrected chi connectivity index (χ4v) is 2.52. The molecule has 0 unspecified atom stereocenters. The number of esters is 1. The number of hydrogen-bond acceptors (Lipinski definition) is 4. The summed E-state index contributed by atoms with van der Waals surface area (Å²) in [7, 11) is 0. The Morgan fingerprint density at radius 3 is 2.62 bits per heavy atom. The number of aromatic amines is 1. The Balaban J connectivity index is 1.59. The molecule has 6 nitrogen and oxygen atoms in total. The summed E-state index contributed by atoms with van der Waals surface area (Å²) >= 11 is 0. The number of rotatable bonds is 4. The number of aromatic nitrogens is 2. The normalized spacial score (nSPS) is 10.6. The van der Waals surface area contributed by atoms with Gasteiger partial charge in [-0.05, 0) is 55.3 Å². The molecule has 0 bridgehead atoms. The van der Waals surface area contributed by atoms with Crippen molar-refractivity contribution < 1.29 is 14.3 Å². The summed E-state index contributed by atoms with van der Waals surface area (Å²) in [4.78, 5) is 31.0.